The van der Waals surface area contributed by atoms with Crippen molar-refractivity contribution in [2.75, 3.05) is 25.0 Å². The second-order valence-corrected chi connectivity index (χ2v) is 9.41. The largest absolute Gasteiger partial charge is 0.462 e. The molecule has 1 aliphatic heterocycles. The highest BCUT2D eigenvalue weighted by atomic mass is 32.1. The molecule has 1 aromatic heterocycles. The van der Waals surface area contributed by atoms with Gasteiger partial charge in [-0.05, 0) is 31.7 Å². The van der Waals surface area contributed by atoms with E-state index in [4.69, 9.17) is 4.74 Å². The molecule has 2 aromatic carbocycles. The molecule has 0 atom stereocenters. The number of hydrogen-bond acceptors (Lipinski definition) is 6. The third-order valence-electron chi connectivity index (χ3n) is 6.05. The minimum Gasteiger partial charge on any atom is -0.462 e. The third-order valence-corrected chi connectivity index (χ3v) is 7.01. The minimum atomic E-state index is -0.452. The summed E-state index contributed by atoms with van der Waals surface area (Å²) in [7, 11) is 0. The third kappa shape index (κ3) is 6.33. The van der Waals surface area contributed by atoms with Gasteiger partial charge in [0.2, 0.25) is 11.8 Å². The summed E-state index contributed by atoms with van der Waals surface area (Å²) in [4.78, 5) is 44.8. The number of hydrogen-bond donors (Lipinski definition) is 1. The Morgan fingerprint density at radius 3 is 2.34 bits per heavy atom. The Labute approximate surface area is 209 Å². The van der Waals surface area contributed by atoms with Crippen LogP contribution in [0, 0.1) is 5.92 Å². The van der Waals surface area contributed by atoms with Crippen LogP contribution in [0.3, 0.4) is 0 Å². The van der Waals surface area contributed by atoms with Crippen LogP contribution < -0.4 is 5.32 Å². The summed E-state index contributed by atoms with van der Waals surface area (Å²) in [5.74, 6) is -0.667. The van der Waals surface area contributed by atoms with Gasteiger partial charge in [-0.25, -0.2) is 9.78 Å². The van der Waals surface area contributed by atoms with Gasteiger partial charge in [-0.3, -0.25) is 9.59 Å². The highest BCUT2D eigenvalue weighted by Crippen LogP contribution is 2.32. The van der Waals surface area contributed by atoms with Crippen molar-refractivity contribution < 1.29 is 19.1 Å². The zero-order valence-electron chi connectivity index (χ0n) is 19.7. The van der Waals surface area contributed by atoms with Gasteiger partial charge in [0.05, 0.1) is 12.3 Å². The number of aromatic nitrogens is 1. The standard InChI is InChI=1S/C27H29N3O4S/c1-2-34-26(33)24-23(20-11-7-4-8-12-20)28-27(35-24)29-25(32)21-15-17-30(18-16-21)22(31)14-13-19-9-5-3-6-10-19/h3-12,21H,2,13-18H2,1H3,(H,28,29,32). The quantitative estimate of drug-likeness (QED) is 0.458. The van der Waals surface area contributed by atoms with Crippen LogP contribution >= 0.6 is 11.3 Å². The van der Waals surface area contributed by atoms with Gasteiger partial charge in [0, 0.05) is 31.0 Å². The smallest absolute Gasteiger partial charge is 0.350 e. The average Bonchev–Trinajstić information content (AvgIpc) is 3.32. The molecule has 2 amide bonds. The van der Waals surface area contributed by atoms with E-state index >= 15 is 0 Å². The number of thiazole rings is 1. The monoisotopic (exact) mass is 491 g/mol. The lowest BCUT2D eigenvalue weighted by molar-refractivity contribution is -0.134. The molecule has 0 saturated carbocycles. The van der Waals surface area contributed by atoms with Crippen molar-refractivity contribution in [1.82, 2.24) is 9.88 Å². The number of benzene rings is 2. The molecular formula is C27H29N3O4S. The van der Waals surface area contributed by atoms with Crippen LogP contribution in [0.2, 0.25) is 0 Å². The van der Waals surface area contributed by atoms with Crippen LogP contribution in [0.4, 0.5) is 5.13 Å². The van der Waals surface area contributed by atoms with Gasteiger partial charge in [-0.2, -0.15) is 0 Å². The number of anilines is 1. The molecular weight excluding hydrogens is 462 g/mol. The lowest BCUT2D eigenvalue weighted by atomic mass is 9.95. The summed E-state index contributed by atoms with van der Waals surface area (Å²) in [6.07, 6.45) is 2.39. The Morgan fingerprint density at radius 2 is 1.69 bits per heavy atom. The van der Waals surface area contributed by atoms with E-state index in [1.54, 1.807) is 6.92 Å². The predicted octanol–water partition coefficient (Wildman–Crippen LogP) is 4.80. The summed E-state index contributed by atoms with van der Waals surface area (Å²) < 4.78 is 5.19. The molecule has 0 bridgehead atoms. The molecule has 8 heteroatoms. The van der Waals surface area contributed by atoms with Crippen molar-refractivity contribution in [3.63, 3.8) is 0 Å². The fourth-order valence-corrected chi connectivity index (χ4v) is 5.04. The first-order valence-corrected chi connectivity index (χ1v) is 12.7. The molecule has 0 unspecified atom stereocenters. The minimum absolute atomic E-state index is 0.124. The first-order valence-electron chi connectivity index (χ1n) is 11.9. The molecule has 1 aliphatic rings. The predicted molar refractivity (Wildman–Crippen MR) is 136 cm³/mol. The Balaban J connectivity index is 1.34. The molecule has 2 heterocycles. The van der Waals surface area contributed by atoms with E-state index in [-0.39, 0.29) is 24.3 Å². The lowest BCUT2D eigenvalue weighted by Gasteiger charge is -2.31. The van der Waals surface area contributed by atoms with Crippen molar-refractivity contribution >= 4 is 34.3 Å². The lowest BCUT2D eigenvalue weighted by Crippen LogP contribution is -2.41. The number of aryl methyl sites for hydroxylation is 1. The Morgan fingerprint density at radius 1 is 1.03 bits per heavy atom. The number of nitrogens with one attached hydrogen (secondary N) is 1. The molecule has 35 heavy (non-hydrogen) atoms. The molecule has 3 aromatic rings. The van der Waals surface area contributed by atoms with Gasteiger partial charge >= 0.3 is 5.97 Å². The number of likely N-dealkylation sites (tertiary alicyclic amines) is 1. The zero-order chi connectivity index (χ0) is 24.6. The number of amides is 2. The van der Waals surface area contributed by atoms with Crippen molar-refractivity contribution in [3.8, 4) is 11.3 Å². The molecule has 1 saturated heterocycles. The summed E-state index contributed by atoms with van der Waals surface area (Å²) in [6, 6.07) is 19.3. The number of esters is 1. The van der Waals surface area contributed by atoms with Crippen molar-refractivity contribution in [1.29, 1.82) is 0 Å². The van der Waals surface area contributed by atoms with E-state index in [9.17, 15) is 14.4 Å². The number of carbonyl (C=O) groups is 3. The van der Waals surface area contributed by atoms with Crippen molar-refractivity contribution in [2.45, 2.75) is 32.6 Å². The molecule has 1 N–H and O–H groups in total. The molecule has 1 fully saturated rings. The molecule has 0 radical (unpaired) electrons. The molecule has 4 rings (SSSR count). The highest BCUT2D eigenvalue weighted by molar-refractivity contribution is 7.18. The van der Waals surface area contributed by atoms with Crippen LogP contribution in [0.5, 0.6) is 0 Å². The first-order chi connectivity index (χ1) is 17.0. The van der Waals surface area contributed by atoms with Gasteiger partial charge in [-0.1, -0.05) is 72.0 Å². The fourth-order valence-electron chi connectivity index (χ4n) is 4.15. The number of rotatable bonds is 8. The van der Waals surface area contributed by atoms with Gasteiger partial charge in [-0.15, -0.1) is 0 Å². The second kappa shape index (κ2) is 11.8. The highest BCUT2D eigenvalue weighted by Gasteiger charge is 2.29. The van der Waals surface area contributed by atoms with Crippen LogP contribution in [-0.2, 0) is 20.7 Å². The van der Waals surface area contributed by atoms with Gasteiger partial charge in [0.25, 0.3) is 0 Å². The number of carbonyl (C=O) groups excluding carboxylic acids is 3. The summed E-state index contributed by atoms with van der Waals surface area (Å²) in [5.41, 5.74) is 2.44. The maximum absolute atomic E-state index is 12.9. The van der Waals surface area contributed by atoms with Crippen LogP contribution in [0.25, 0.3) is 11.3 Å². The van der Waals surface area contributed by atoms with E-state index in [1.807, 2.05) is 65.6 Å². The summed E-state index contributed by atoms with van der Waals surface area (Å²) in [6.45, 7) is 3.14. The van der Waals surface area contributed by atoms with Crippen LogP contribution in [0.15, 0.2) is 60.7 Å². The van der Waals surface area contributed by atoms with E-state index < -0.39 is 5.97 Å². The number of nitrogens with zero attached hydrogens (tertiary/aromatic N) is 2. The van der Waals surface area contributed by atoms with Gasteiger partial charge in [0.1, 0.15) is 4.88 Å². The Kier molecular flexibility index (Phi) is 8.26. The normalized spacial score (nSPS) is 13.9. The van der Waals surface area contributed by atoms with E-state index in [1.165, 1.54) is 0 Å². The van der Waals surface area contributed by atoms with Crippen LogP contribution in [0.1, 0.15) is 41.4 Å². The first kappa shape index (κ1) is 24.6. The maximum atomic E-state index is 12.9. The van der Waals surface area contributed by atoms with Gasteiger partial charge in [0.15, 0.2) is 5.13 Å². The van der Waals surface area contributed by atoms with E-state index in [0.29, 0.717) is 48.1 Å². The zero-order valence-corrected chi connectivity index (χ0v) is 20.6. The maximum Gasteiger partial charge on any atom is 0.350 e. The second-order valence-electron chi connectivity index (χ2n) is 8.41. The van der Waals surface area contributed by atoms with Crippen molar-refractivity contribution in [2.24, 2.45) is 5.92 Å². The topological polar surface area (TPSA) is 88.6 Å². The summed E-state index contributed by atoms with van der Waals surface area (Å²) >= 11 is 1.12. The SMILES string of the molecule is CCOC(=O)c1sc(NC(=O)C2CCN(C(=O)CCc3ccccc3)CC2)nc1-c1ccccc1. The molecule has 7 nitrogen and oxygen atoms in total. The Bertz CT molecular complexity index is 1160. The Hall–Kier alpha value is -3.52. The van der Waals surface area contributed by atoms with Gasteiger partial charge < -0.3 is 15.0 Å². The summed E-state index contributed by atoms with van der Waals surface area (Å²) in [5, 5.41) is 3.26. The molecule has 0 aliphatic carbocycles. The van der Waals surface area contributed by atoms with Crippen molar-refractivity contribution in [3.05, 3.63) is 71.1 Å². The number of ether oxygens (including phenoxy) is 1. The number of piperidine rings is 1. The van der Waals surface area contributed by atoms with E-state index in [0.717, 1.165) is 28.9 Å². The fraction of sp³-hybridized carbons (Fsp3) is 0.333. The molecule has 0 spiro atoms. The molecule has 182 valence electrons. The van der Waals surface area contributed by atoms with E-state index in [2.05, 4.69) is 10.3 Å². The average molecular weight is 492 g/mol. The van der Waals surface area contributed by atoms with Crippen LogP contribution in [-0.4, -0.2) is 47.4 Å².